The molecule has 1 aliphatic carbocycles. The Labute approximate surface area is 188 Å². The van der Waals surface area contributed by atoms with E-state index in [2.05, 4.69) is 0 Å². The molecule has 0 spiro atoms. The van der Waals surface area contributed by atoms with Crippen molar-refractivity contribution in [2.45, 2.75) is 69.4 Å². The molecule has 30 heavy (non-hydrogen) atoms. The van der Waals surface area contributed by atoms with Crippen molar-refractivity contribution in [3.05, 3.63) is 45.7 Å². The van der Waals surface area contributed by atoms with Crippen LogP contribution in [0.3, 0.4) is 0 Å². The van der Waals surface area contributed by atoms with Crippen molar-refractivity contribution in [1.29, 1.82) is 0 Å². The second kappa shape index (κ2) is 13.6. The van der Waals surface area contributed by atoms with Crippen LogP contribution in [-0.4, -0.2) is 58.6 Å². The molecule has 1 aromatic rings. The highest BCUT2D eigenvalue weighted by Crippen LogP contribution is 2.36. The number of hydrogen-bond donors (Lipinski definition) is 4. The number of aliphatic hydroxyl groups excluding tert-OH is 4. The van der Waals surface area contributed by atoms with Gasteiger partial charge in [-0.3, -0.25) is 0 Å². The van der Waals surface area contributed by atoms with Gasteiger partial charge in [-0.15, -0.1) is 11.3 Å². The molecule has 1 heterocycles. The van der Waals surface area contributed by atoms with Crippen LogP contribution in [0.1, 0.15) is 43.4 Å². The van der Waals surface area contributed by atoms with Crippen LogP contribution < -0.4 is 0 Å². The number of thiophene rings is 1. The van der Waals surface area contributed by atoms with Crippen LogP contribution in [0.4, 0.5) is 0 Å². The normalized spacial score (nSPS) is 26.7. The van der Waals surface area contributed by atoms with Gasteiger partial charge in [-0.1, -0.05) is 35.9 Å². The zero-order valence-electron chi connectivity index (χ0n) is 17.6. The maximum absolute atomic E-state index is 10.4. The molecule has 7 heteroatoms. The monoisotopic (exact) mass is 458 g/mol. The summed E-state index contributed by atoms with van der Waals surface area (Å²) in [5.74, 6) is -0.126. The molecule has 6 atom stereocenters. The second-order valence-electron chi connectivity index (χ2n) is 7.99. The van der Waals surface area contributed by atoms with Gasteiger partial charge in [0.25, 0.3) is 0 Å². The molecule has 1 saturated carbocycles. The average Bonchev–Trinajstić information content (AvgIpc) is 3.26. The molecule has 2 rings (SSSR count). The minimum atomic E-state index is -0.648. The molecule has 0 saturated heterocycles. The molecular formula is C23H35ClO5S. The Balaban J connectivity index is 1.84. The summed E-state index contributed by atoms with van der Waals surface area (Å²) in [4.78, 5) is 1.22. The Hall–Kier alpha value is -0.730. The van der Waals surface area contributed by atoms with Gasteiger partial charge in [-0.05, 0) is 56.6 Å². The summed E-state index contributed by atoms with van der Waals surface area (Å²) in [6.45, 7) is -0.201. The Morgan fingerprint density at radius 1 is 1.23 bits per heavy atom. The number of allylic oxidation sites excluding steroid dienone is 2. The predicted octanol–water partition coefficient (Wildman–Crippen LogP) is 3.73. The number of aryl methyl sites for hydroxylation is 1. The van der Waals surface area contributed by atoms with Crippen LogP contribution in [0.25, 0.3) is 0 Å². The third-order valence-electron chi connectivity index (χ3n) is 5.76. The smallest absolute Gasteiger partial charge is 0.0931 e. The van der Waals surface area contributed by atoms with Gasteiger partial charge < -0.3 is 25.2 Å². The van der Waals surface area contributed by atoms with Crippen molar-refractivity contribution in [2.24, 2.45) is 11.8 Å². The highest BCUT2D eigenvalue weighted by molar-refractivity contribution is 7.16. The van der Waals surface area contributed by atoms with Crippen LogP contribution in [0, 0.1) is 11.8 Å². The highest BCUT2D eigenvalue weighted by atomic mass is 35.5. The third-order valence-corrected chi connectivity index (χ3v) is 7.06. The maximum atomic E-state index is 10.4. The zero-order valence-corrected chi connectivity index (χ0v) is 19.1. The summed E-state index contributed by atoms with van der Waals surface area (Å²) in [5.41, 5.74) is 0. The van der Waals surface area contributed by atoms with Gasteiger partial charge in [0.1, 0.15) is 0 Å². The van der Waals surface area contributed by atoms with E-state index in [9.17, 15) is 15.3 Å². The van der Waals surface area contributed by atoms with Crippen molar-refractivity contribution < 1.29 is 25.2 Å². The van der Waals surface area contributed by atoms with Crippen molar-refractivity contribution >= 4 is 22.9 Å². The lowest BCUT2D eigenvalue weighted by Gasteiger charge is -2.20. The molecular weight excluding hydrogens is 424 g/mol. The van der Waals surface area contributed by atoms with Crippen LogP contribution in [0.2, 0.25) is 4.34 Å². The molecule has 0 radical (unpaired) electrons. The fourth-order valence-electron chi connectivity index (χ4n) is 3.96. The molecule has 2 unspecified atom stereocenters. The summed E-state index contributed by atoms with van der Waals surface area (Å²) in [6.07, 6.45) is 11.3. The molecule has 0 bridgehead atoms. The van der Waals surface area contributed by atoms with Gasteiger partial charge in [-0.2, -0.15) is 0 Å². The summed E-state index contributed by atoms with van der Waals surface area (Å²) in [5, 5.41) is 39.0. The molecule has 1 aromatic heterocycles. The van der Waals surface area contributed by atoms with Gasteiger partial charge >= 0.3 is 0 Å². The van der Waals surface area contributed by atoms with Gasteiger partial charge in [-0.25, -0.2) is 0 Å². The first-order valence-electron chi connectivity index (χ1n) is 10.7. The number of hydrogen-bond acceptors (Lipinski definition) is 6. The summed E-state index contributed by atoms with van der Waals surface area (Å²) in [7, 11) is 1.68. The van der Waals surface area contributed by atoms with Crippen LogP contribution in [0.5, 0.6) is 0 Å². The van der Waals surface area contributed by atoms with Gasteiger partial charge in [0, 0.05) is 24.3 Å². The SMILES string of the molecule is COC(C=C[C@@H]1[C@@H](CC=CCCCC(O)CO)[C@@H](O)C[C@H]1O)CCc1ccc(Cl)s1. The number of unbranched alkanes of at least 4 members (excludes halogenated alkanes) is 1. The summed E-state index contributed by atoms with van der Waals surface area (Å²) >= 11 is 7.57. The maximum Gasteiger partial charge on any atom is 0.0931 e. The van der Waals surface area contributed by atoms with E-state index in [1.54, 1.807) is 18.4 Å². The van der Waals surface area contributed by atoms with Gasteiger partial charge in [0.05, 0.1) is 35.4 Å². The topological polar surface area (TPSA) is 90.2 Å². The van der Waals surface area contributed by atoms with E-state index in [1.807, 2.05) is 36.4 Å². The summed E-state index contributed by atoms with van der Waals surface area (Å²) < 4.78 is 6.37. The Morgan fingerprint density at radius 2 is 2.03 bits per heavy atom. The van der Waals surface area contributed by atoms with Crippen LogP contribution >= 0.6 is 22.9 Å². The van der Waals surface area contributed by atoms with Crippen molar-refractivity contribution in [1.82, 2.24) is 0 Å². The van der Waals surface area contributed by atoms with E-state index in [0.717, 1.165) is 30.0 Å². The molecule has 0 aliphatic heterocycles. The quantitative estimate of drug-likeness (QED) is 0.267. The minimum Gasteiger partial charge on any atom is -0.394 e. The molecule has 5 nitrogen and oxygen atoms in total. The standard InChI is InChI=1S/C23H35ClO5S/c1-29-17(8-10-18-11-13-23(24)30-18)9-12-20-19(21(27)14-22(20)28)7-5-3-2-4-6-16(26)15-25/h3,5,9,11-13,16-17,19-22,25-28H,2,4,6-8,10,14-15H2,1H3/t16?,17?,19-,20-,21+,22-/m1/s1. The first-order valence-corrected chi connectivity index (χ1v) is 11.9. The number of aliphatic hydroxyl groups is 4. The van der Waals surface area contributed by atoms with E-state index in [1.165, 1.54) is 4.88 Å². The Bertz CT molecular complexity index is 662. The van der Waals surface area contributed by atoms with E-state index < -0.39 is 18.3 Å². The number of rotatable bonds is 13. The van der Waals surface area contributed by atoms with Gasteiger partial charge in [0.2, 0.25) is 0 Å². The number of methoxy groups -OCH3 is 1. The Kier molecular flexibility index (Phi) is 11.6. The van der Waals surface area contributed by atoms with Crippen molar-refractivity contribution in [3.63, 3.8) is 0 Å². The fraction of sp³-hybridized carbons (Fsp3) is 0.652. The largest absolute Gasteiger partial charge is 0.394 e. The first-order chi connectivity index (χ1) is 14.4. The van der Waals surface area contributed by atoms with E-state index in [-0.39, 0.29) is 24.5 Å². The molecule has 0 amide bonds. The highest BCUT2D eigenvalue weighted by Gasteiger charge is 2.39. The Morgan fingerprint density at radius 3 is 2.70 bits per heavy atom. The van der Waals surface area contributed by atoms with Crippen molar-refractivity contribution in [3.8, 4) is 0 Å². The lowest BCUT2D eigenvalue weighted by atomic mass is 9.89. The van der Waals surface area contributed by atoms with Gasteiger partial charge in [0.15, 0.2) is 0 Å². The van der Waals surface area contributed by atoms with E-state index in [0.29, 0.717) is 19.3 Å². The number of halogens is 1. The lowest BCUT2D eigenvalue weighted by Crippen LogP contribution is -2.20. The third kappa shape index (κ3) is 8.42. The van der Waals surface area contributed by atoms with Crippen molar-refractivity contribution in [2.75, 3.05) is 13.7 Å². The van der Waals surface area contributed by atoms with Crippen LogP contribution in [-0.2, 0) is 11.2 Å². The molecule has 1 fully saturated rings. The molecule has 170 valence electrons. The zero-order chi connectivity index (χ0) is 21.9. The molecule has 1 aliphatic rings. The molecule has 0 aromatic carbocycles. The average molecular weight is 459 g/mol. The minimum absolute atomic E-state index is 0.0239. The fourth-order valence-corrected chi connectivity index (χ4v) is 5.06. The molecule has 4 N–H and O–H groups in total. The number of ether oxygens (including phenoxy) is 1. The summed E-state index contributed by atoms with van der Waals surface area (Å²) in [6, 6.07) is 3.94. The lowest BCUT2D eigenvalue weighted by molar-refractivity contribution is 0.0868. The van der Waals surface area contributed by atoms with E-state index in [4.69, 9.17) is 21.4 Å². The van der Waals surface area contributed by atoms with E-state index >= 15 is 0 Å². The second-order valence-corrected chi connectivity index (χ2v) is 9.79. The van der Waals surface area contributed by atoms with Crippen LogP contribution in [0.15, 0.2) is 36.4 Å². The predicted molar refractivity (Wildman–Crippen MR) is 122 cm³/mol. The first kappa shape index (κ1) is 25.5.